The van der Waals surface area contributed by atoms with E-state index in [2.05, 4.69) is 11.4 Å². The zero-order valence-corrected chi connectivity index (χ0v) is 8.92. The highest BCUT2D eigenvalue weighted by atomic mass is 16.4. The number of hydrogen-bond acceptors (Lipinski definition) is 2. The first-order valence-electron chi connectivity index (χ1n) is 4.96. The second-order valence-electron chi connectivity index (χ2n) is 2.95. The number of carboxylic acid groups (broad SMARTS) is 1. The van der Waals surface area contributed by atoms with Gasteiger partial charge in [-0.25, -0.2) is 4.79 Å². The number of carboxylic acids is 1. The fourth-order valence-corrected chi connectivity index (χ4v) is 1.03. The molecule has 0 saturated carbocycles. The summed E-state index contributed by atoms with van der Waals surface area (Å²) in [4.78, 5) is 10.6. The molecule has 0 atom stereocenters. The summed E-state index contributed by atoms with van der Waals surface area (Å²) in [7, 11) is 0. The van der Waals surface area contributed by atoms with Gasteiger partial charge in [0.25, 0.3) is 0 Å². The molecule has 0 heterocycles. The maximum Gasteiger partial charge on any atom is 0.331 e. The summed E-state index contributed by atoms with van der Waals surface area (Å²) in [5, 5.41) is 11.9. The van der Waals surface area contributed by atoms with Crippen LogP contribution in [0.3, 0.4) is 0 Å². The maximum absolute atomic E-state index is 10.6. The average molecular weight is 197 g/mol. The largest absolute Gasteiger partial charge is 0.478 e. The molecule has 0 rings (SSSR count). The van der Waals surface area contributed by atoms with Crippen LogP contribution < -0.4 is 5.32 Å². The zero-order chi connectivity index (χ0) is 10.8. The summed E-state index contributed by atoms with van der Waals surface area (Å²) in [6.07, 6.45) is 7.38. The van der Waals surface area contributed by atoms with Crippen molar-refractivity contribution >= 4 is 5.97 Å². The van der Waals surface area contributed by atoms with Crippen LogP contribution in [0.15, 0.2) is 23.8 Å². The van der Waals surface area contributed by atoms with Gasteiger partial charge >= 0.3 is 5.97 Å². The van der Waals surface area contributed by atoms with Crippen molar-refractivity contribution in [2.45, 2.75) is 26.7 Å². The van der Waals surface area contributed by atoms with Gasteiger partial charge in [-0.15, -0.1) is 0 Å². The van der Waals surface area contributed by atoms with E-state index in [-0.39, 0.29) is 0 Å². The lowest BCUT2D eigenvalue weighted by molar-refractivity contribution is -0.132. The van der Waals surface area contributed by atoms with Gasteiger partial charge in [-0.2, -0.15) is 0 Å². The van der Waals surface area contributed by atoms with Gasteiger partial charge in [0.15, 0.2) is 0 Å². The van der Waals surface area contributed by atoms with E-state index in [0.29, 0.717) is 18.5 Å². The average Bonchev–Trinajstić information content (AvgIpc) is 2.16. The van der Waals surface area contributed by atoms with E-state index < -0.39 is 5.97 Å². The van der Waals surface area contributed by atoms with Gasteiger partial charge < -0.3 is 10.4 Å². The molecule has 0 bridgehead atoms. The van der Waals surface area contributed by atoms with Gasteiger partial charge in [0, 0.05) is 12.1 Å². The fourth-order valence-electron chi connectivity index (χ4n) is 1.03. The molecule has 2 N–H and O–H groups in total. The molecule has 0 fully saturated rings. The molecule has 14 heavy (non-hydrogen) atoms. The second kappa shape index (κ2) is 8.51. The molecule has 0 aromatic rings. The summed E-state index contributed by atoms with van der Waals surface area (Å²) in [6, 6.07) is 0. The summed E-state index contributed by atoms with van der Waals surface area (Å²) in [6.45, 7) is 5.35. The van der Waals surface area contributed by atoms with E-state index in [1.54, 1.807) is 6.08 Å². The number of rotatable bonds is 7. The highest BCUT2D eigenvalue weighted by molar-refractivity contribution is 5.86. The first kappa shape index (κ1) is 12.9. The molecule has 0 aliphatic rings. The molecule has 0 saturated heterocycles. The third-order valence-corrected chi connectivity index (χ3v) is 1.87. The highest BCUT2D eigenvalue weighted by Crippen LogP contribution is 1.98. The SMILES string of the molecule is C/C=C/CCNC/C=C(/CC)C(=O)O. The van der Waals surface area contributed by atoms with Crippen molar-refractivity contribution in [3.8, 4) is 0 Å². The molecular weight excluding hydrogens is 178 g/mol. The first-order chi connectivity index (χ1) is 6.72. The normalized spacial score (nSPS) is 12.3. The van der Waals surface area contributed by atoms with Crippen LogP contribution in [-0.2, 0) is 4.79 Å². The van der Waals surface area contributed by atoms with Crippen LogP contribution in [-0.4, -0.2) is 24.2 Å². The van der Waals surface area contributed by atoms with Gasteiger partial charge in [0.1, 0.15) is 0 Å². The van der Waals surface area contributed by atoms with Crippen molar-refractivity contribution in [3.63, 3.8) is 0 Å². The maximum atomic E-state index is 10.6. The Morgan fingerprint density at radius 2 is 2.21 bits per heavy atom. The Labute approximate surface area is 85.5 Å². The van der Waals surface area contributed by atoms with E-state index >= 15 is 0 Å². The van der Waals surface area contributed by atoms with Crippen molar-refractivity contribution in [1.29, 1.82) is 0 Å². The highest BCUT2D eigenvalue weighted by Gasteiger charge is 2.01. The van der Waals surface area contributed by atoms with E-state index in [9.17, 15) is 4.79 Å². The topological polar surface area (TPSA) is 49.3 Å². The zero-order valence-electron chi connectivity index (χ0n) is 8.92. The summed E-state index contributed by atoms with van der Waals surface area (Å²) in [5.41, 5.74) is 0.475. The van der Waals surface area contributed by atoms with Crippen molar-refractivity contribution in [1.82, 2.24) is 5.32 Å². The minimum absolute atomic E-state index is 0.475. The Morgan fingerprint density at radius 3 is 2.71 bits per heavy atom. The minimum Gasteiger partial charge on any atom is -0.478 e. The first-order valence-corrected chi connectivity index (χ1v) is 4.96. The number of carbonyl (C=O) groups is 1. The molecule has 0 amide bonds. The van der Waals surface area contributed by atoms with Crippen molar-refractivity contribution in [3.05, 3.63) is 23.8 Å². The van der Waals surface area contributed by atoms with Crippen LogP contribution in [0.5, 0.6) is 0 Å². The molecule has 3 nitrogen and oxygen atoms in total. The quantitative estimate of drug-likeness (QED) is 0.372. The van der Waals surface area contributed by atoms with Gasteiger partial charge in [-0.3, -0.25) is 0 Å². The standard InChI is InChI=1S/C11H19NO2/c1-3-5-6-8-12-9-7-10(4-2)11(13)14/h3,5,7,12H,4,6,8-9H2,1-2H3,(H,13,14)/b5-3+,10-7-. The molecule has 80 valence electrons. The molecule has 0 aromatic carbocycles. The summed E-state index contributed by atoms with van der Waals surface area (Å²) in [5.74, 6) is -0.817. The molecular formula is C11H19NO2. The molecule has 0 aromatic heterocycles. The van der Waals surface area contributed by atoms with Crippen molar-refractivity contribution in [2.75, 3.05) is 13.1 Å². The smallest absolute Gasteiger partial charge is 0.331 e. The van der Waals surface area contributed by atoms with E-state index in [0.717, 1.165) is 13.0 Å². The lowest BCUT2D eigenvalue weighted by Crippen LogP contribution is -2.15. The number of allylic oxidation sites excluding steroid dienone is 1. The molecule has 3 heteroatoms. The minimum atomic E-state index is -0.817. The Bertz CT molecular complexity index is 219. The number of nitrogens with one attached hydrogen (secondary N) is 1. The molecule has 0 unspecified atom stereocenters. The Hall–Kier alpha value is -1.09. The Kier molecular flexibility index (Phi) is 7.84. The molecule has 0 spiro atoms. The van der Waals surface area contributed by atoms with Crippen LogP contribution in [0.1, 0.15) is 26.7 Å². The number of aliphatic carboxylic acids is 1. The molecule has 0 aliphatic carbocycles. The third kappa shape index (κ3) is 6.43. The van der Waals surface area contributed by atoms with Crippen LogP contribution in [0.4, 0.5) is 0 Å². The molecule has 0 radical (unpaired) electrons. The van der Waals surface area contributed by atoms with E-state index in [4.69, 9.17) is 5.11 Å². The third-order valence-electron chi connectivity index (χ3n) is 1.87. The van der Waals surface area contributed by atoms with E-state index in [1.807, 2.05) is 19.9 Å². The van der Waals surface area contributed by atoms with Crippen LogP contribution >= 0.6 is 0 Å². The van der Waals surface area contributed by atoms with Gasteiger partial charge in [-0.05, 0) is 26.3 Å². The Balaban J connectivity index is 3.63. The fraction of sp³-hybridized carbons (Fsp3) is 0.545. The van der Waals surface area contributed by atoms with Crippen LogP contribution in [0.25, 0.3) is 0 Å². The lowest BCUT2D eigenvalue weighted by Gasteiger charge is -2.00. The van der Waals surface area contributed by atoms with Gasteiger partial charge in [0.2, 0.25) is 0 Å². The van der Waals surface area contributed by atoms with Crippen molar-refractivity contribution < 1.29 is 9.90 Å². The monoisotopic (exact) mass is 197 g/mol. The predicted molar refractivity (Wildman–Crippen MR) is 58.3 cm³/mol. The van der Waals surface area contributed by atoms with Crippen LogP contribution in [0, 0.1) is 0 Å². The van der Waals surface area contributed by atoms with Gasteiger partial charge in [0.05, 0.1) is 0 Å². The second-order valence-corrected chi connectivity index (χ2v) is 2.95. The van der Waals surface area contributed by atoms with Crippen molar-refractivity contribution in [2.24, 2.45) is 0 Å². The van der Waals surface area contributed by atoms with Gasteiger partial charge in [-0.1, -0.05) is 25.2 Å². The van der Waals surface area contributed by atoms with Crippen LogP contribution in [0.2, 0.25) is 0 Å². The summed E-state index contributed by atoms with van der Waals surface area (Å²) >= 11 is 0. The lowest BCUT2D eigenvalue weighted by atomic mass is 10.2. The molecule has 0 aliphatic heterocycles. The Morgan fingerprint density at radius 1 is 1.50 bits per heavy atom. The van der Waals surface area contributed by atoms with E-state index in [1.165, 1.54) is 0 Å². The predicted octanol–water partition coefficient (Wildman–Crippen LogP) is 1.96. The number of hydrogen-bond donors (Lipinski definition) is 2. The summed E-state index contributed by atoms with van der Waals surface area (Å²) < 4.78 is 0.